The molecule has 1 aromatic carbocycles. The molecule has 0 fully saturated rings. The number of aliphatic hydroxyl groups is 1. The van der Waals surface area contributed by atoms with E-state index < -0.39 is 5.54 Å². The number of H-pyrrole nitrogens is 2. The number of carbonyl (C=O) groups is 1. The van der Waals surface area contributed by atoms with Crippen LogP contribution in [0, 0.1) is 13.8 Å². The molecule has 7 heteroatoms. The van der Waals surface area contributed by atoms with E-state index in [2.05, 4.69) is 25.5 Å². The molecule has 2 aromatic heterocycles. The average molecular weight is 327 g/mol. The Hall–Kier alpha value is -2.67. The second kappa shape index (κ2) is 5.76. The number of nitrogens with zero attached hydrogens (tertiary/aromatic N) is 2. The molecule has 7 nitrogen and oxygen atoms in total. The highest BCUT2D eigenvalue weighted by Gasteiger charge is 2.24. The number of aromatic nitrogens is 4. The molecule has 3 rings (SSSR count). The third kappa shape index (κ3) is 2.90. The lowest BCUT2D eigenvalue weighted by atomic mass is 10.1. The van der Waals surface area contributed by atoms with Crippen molar-refractivity contribution in [2.75, 3.05) is 6.61 Å². The van der Waals surface area contributed by atoms with Gasteiger partial charge in [-0.3, -0.25) is 9.89 Å². The van der Waals surface area contributed by atoms with Crippen LogP contribution in [0.25, 0.3) is 22.6 Å². The Morgan fingerprint density at radius 2 is 2.00 bits per heavy atom. The molecule has 0 radical (unpaired) electrons. The van der Waals surface area contributed by atoms with E-state index in [4.69, 9.17) is 0 Å². The van der Waals surface area contributed by atoms with Crippen LogP contribution in [0.15, 0.2) is 18.3 Å². The normalized spacial score (nSPS) is 11.9. The Bertz CT molecular complexity index is 868. The Labute approximate surface area is 139 Å². The molecule has 0 aliphatic rings. The van der Waals surface area contributed by atoms with Crippen molar-refractivity contribution in [3.05, 3.63) is 35.0 Å². The maximum Gasteiger partial charge on any atom is 0.255 e. The van der Waals surface area contributed by atoms with E-state index in [-0.39, 0.29) is 12.5 Å². The Kier molecular flexibility index (Phi) is 3.88. The highest BCUT2D eigenvalue weighted by Crippen LogP contribution is 2.24. The predicted molar refractivity (Wildman–Crippen MR) is 91.8 cm³/mol. The van der Waals surface area contributed by atoms with Gasteiger partial charge in [-0.05, 0) is 51.0 Å². The predicted octanol–water partition coefficient (Wildman–Crippen LogP) is 2.07. The quantitative estimate of drug-likeness (QED) is 0.588. The number of hydrogen-bond acceptors (Lipinski definition) is 4. The molecule has 0 atom stereocenters. The minimum absolute atomic E-state index is 0.158. The maximum absolute atomic E-state index is 12.5. The largest absolute Gasteiger partial charge is 0.394 e. The number of rotatable bonds is 4. The zero-order valence-electron chi connectivity index (χ0n) is 14.2. The highest BCUT2D eigenvalue weighted by atomic mass is 16.3. The number of aromatic amines is 2. The van der Waals surface area contributed by atoms with Crippen LogP contribution < -0.4 is 5.32 Å². The van der Waals surface area contributed by atoms with Crippen molar-refractivity contribution in [1.29, 1.82) is 0 Å². The van der Waals surface area contributed by atoms with E-state index in [1.807, 2.05) is 26.0 Å². The van der Waals surface area contributed by atoms with Gasteiger partial charge in [0, 0.05) is 6.20 Å². The van der Waals surface area contributed by atoms with Crippen LogP contribution in [-0.4, -0.2) is 43.3 Å². The first-order valence-electron chi connectivity index (χ1n) is 7.75. The summed E-state index contributed by atoms with van der Waals surface area (Å²) in [6.07, 6.45) is 1.53. The van der Waals surface area contributed by atoms with Gasteiger partial charge in [-0.2, -0.15) is 5.10 Å². The van der Waals surface area contributed by atoms with Crippen molar-refractivity contribution < 1.29 is 9.90 Å². The number of benzene rings is 1. The Morgan fingerprint density at radius 1 is 1.29 bits per heavy atom. The van der Waals surface area contributed by atoms with Gasteiger partial charge in [0.2, 0.25) is 0 Å². The lowest BCUT2D eigenvalue weighted by Crippen LogP contribution is -2.46. The maximum atomic E-state index is 12.5. The van der Waals surface area contributed by atoms with Crippen LogP contribution in [0.5, 0.6) is 0 Å². The number of aryl methyl sites for hydroxylation is 2. The molecular formula is C17H21N5O2. The van der Waals surface area contributed by atoms with Gasteiger partial charge in [0.05, 0.1) is 28.7 Å². The standard InChI is InChI=1S/C17H21N5O2/c1-9-5-12-13(6-10(9)2)20-15(19-12)14-11(7-18-22-14)16(24)21-17(3,4)8-23/h5-7,23H,8H2,1-4H3,(H,18,22)(H,19,20)(H,21,24). The number of hydrogen-bond donors (Lipinski definition) is 4. The molecule has 0 saturated carbocycles. The molecule has 126 valence electrons. The Balaban J connectivity index is 2.00. The van der Waals surface area contributed by atoms with Gasteiger partial charge in [-0.25, -0.2) is 4.98 Å². The van der Waals surface area contributed by atoms with Crippen LogP contribution >= 0.6 is 0 Å². The van der Waals surface area contributed by atoms with Gasteiger partial charge in [-0.15, -0.1) is 0 Å². The third-order valence-corrected chi connectivity index (χ3v) is 4.05. The van der Waals surface area contributed by atoms with Crippen molar-refractivity contribution in [3.8, 4) is 11.5 Å². The van der Waals surface area contributed by atoms with E-state index in [0.717, 1.165) is 16.6 Å². The molecule has 0 unspecified atom stereocenters. The minimum atomic E-state index is -0.715. The van der Waals surface area contributed by atoms with Crippen molar-refractivity contribution in [1.82, 2.24) is 25.5 Å². The van der Waals surface area contributed by atoms with E-state index >= 15 is 0 Å². The summed E-state index contributed by atoms with van der Waals surface area (Å²) in [7, 11) is 0. The topological polar surface area (TPSA) is 107 Å². The first-order chi connectivity index (χ1) is 11.3. The molecule has 24 heavy (non-hydrogen) atoms. The van der Waals surface area contributed by atoms with Gasteiger partial charge in [-0.1, -0.05) is 0 Å². The zero-order chi connectivity index (χ0) is 17.5. The molecule has 0 bridgehead atoms. The summed E-state index contributed by atoms with van der Waals surface area (Å²) >= 11 is 0. The van der Waals surface area contributed by atoms with E-state index in [1.54, 1.807) is 13.8 Å². The number of aliphatic hydroxyl groups excluding tert-OH is 1. The van der Waals surface area contributed by atoms with E-state index in [9.17, 15) is 9.90 Å². The van der Waals surface area contributed by atoms with Crippen LogP contribution in [0.1, 0.15) is 35.3 Å². The first kappa shape index (κ1) is 16.2. The van der Waals surface area contributed by atoms with Crippen molar-refractivity contribution in [3.63, 3.8) is 0 Å². The van der Waals surface area contributed by atoms with Crippen molar-refractivity contribution in [2.45, 2.75) is 33.2 Å². The summed E-state index contributed by atoms with van der Waals surface area (Å²) in [6, 6.07) is 4.04. The molecule has 4 N–H and O–H groups in total. The van der Waals surface area contributed by atoms with Gasteiger partial charge in [0.25, 0.3) is 5.91 Å². The summed E-state index contributed by atoms with van der Waals surface area (Å²) in [6.45, 7) is 7.41. The summed E-state index contributed by atoms with van der Waals surface area (Å²) in [4.78, 5) is 20.2. The Morgan fingerprint density at radius 3 is 2.71 bits per heavy atom. The first-order valence-corrected chi connectivity index (χ1v) is 7.75. The number of carbonyl (C=O) groups excluding carboxylic acids is 1. The zero-order valence-corrected chi connectivity index (χ0v) is 14.2. The smallest absolute Gasteiger partial charge is 0.255 e. The molecule has 2 heterocycles. The van der Waals surface area contributed by atoms with Crippen LogP contribution in [0.2, 0.25) is 0 Å². The number of imidazole rings is 1. The van der Waals surface area contributed by atoms with Crippen LogP contribution in [0.3, 0.4) is 0 Å². The number of nitrogens with one attached hydrogen (secondary N) is 3. The van der Waals surface area contributed by atoms with Crippen molar-refractivity contribution >= 4 is 16.9 Å². The van der Waals surface area contributed by atoms with Crippen LogP contribution in [0.4, 0.5) is 0 Å². The third-order valence-electron chi connectivity index (χ3n) is 4.05. The van der Waals surface area contributed by atoms with E-state index in [1.165, 1.54) is 11.8 Å². The molecule has 0 saturated heterocycles. The van der Waals surface area contributed by atoms with Gasteiger partial charge in [0.15, 0.2) is 5.82 Å². The second-order valence-electron chi connectivity index (χ2n) is 6.68. The fraction of sp³-hybridized carbons (Fsp3) is 0.353. The van der Waals surface area contributed by atoms with Crippen LogP contribution in [-0.2, 0) is 0 Å². The van der Waals surface area contributed by atoms with Gasteiger partial charge in [0.1, 0.15) is 5.69 Å². The average Bonchev–Trinajstić information content (AvgIpc) is 3.13. The van der Waals surface area contributed by atoms with Crippen molar-refractivity contribution in [2.24, 2.45) is 0 Å². The molecule has 0 spiro atoms. The summed E-state index contributed by atoms with van der Waals surface area (Å²) in [5.74, 6) is 0.217. The summed E-state index contributed by atoms with van der Waals surface area (Å²) in [5, 5.41) is 19.0. The molecule has 3 aromatic rings. The lowest BCUT2D eigenvalue weighted by Gasteiger charge is -2.23. The molecule has 0 aliphatic heterocycles. The monoisotopic (exact) mass is 327 g/mol. The van der Waals surface area contributed by atoms with Gasteiger partial charge < -0.3 is 15.4 Å². The van der Waals surface area contributed by atoms with E-state index in [0.29, 0.717) is 17.1 Å². The second-order valence-corrected chi connectivity index (χ2v) is 6.68. The molecule has 0 aliphatic carbocycles. The summed E-state index contributed by atoms with van der Waals surface area (Å²) in [5.41, 5.74) is 4.17. The minimum Gasteiger partial charge on any atom is -0.394 e. The molecule has 1 amide bonds. The molecular weight excluding hydrogens is 306 g/mol. The fourth-order valence-electron chi connectivity index (χ4n) is 2.44. The fourth-order valence-corrected chi connectivity index (χ4v) is 2.44. The lowest BCUT2D eigenvalue weighted by molar-refractivity contribution is 0.0870. The number of amides is 1. The highest BCUT2D eigenvalue weighted by molar-refractivity contribution is 6.00. The number of fused-ring (bicyclic) bond motifs is 1. The van der Waals surface area contributed by atoms with Gasteiger partial charge >= 0.3 is 0 Å². The SMILES string of the molecule is Cc1cc2nc(-c3n[nH]cc3C(=O)NC(C)(C)CO)[nH]c2cc1C. The summed E-state index contributed by atoms with van der Waals surface area (Å²) < 4.78 is 0.